The molecule has 0 atom stereocenters. The number of hydrogen-bond acceptors (Lipinski definition) is 6. The third-order valence-electron chi connectivity index (χ3n) is 0.570. The zero-order valence-electron chi connectivity index (χ0n) is 16.3. The molecule has 20 heavy (non-hydrogen) atoms. The second-order valence-electron chi connectivity index (χ2n) is 1.74. The number of hydrogen-bond donors (Lipinski definition) is 4. The fraction of sp³-hybridized carbons (Fsp3) is 0. The van der Waals surface area contributed by atoms with Crippen molar-refractivity contribution in [1.29, 1.82) is 0 Å². The van der Waals surface area contributed by atoms with E-state index in [9.17, 15) is 18.7 Å². The van der Waals surface area contributed by atoms with Gasteiger partial charge >= 0.3 is 111 Å². The monoisotopic (exact) mass is 430 g/mol. The molecular formula is C2H10Fe2Li2Mg2O10P2. The van der Waals surface area contributed by atoms with Crippen LogP contribution in [-0.2, 0) is 61.9 Å². The zero-order valence-corrected chi connectivity index (χ0v) is 17.1. The molecule has 0 aliphatic carbocycles. The molecule has 18 heteroatoms. The van der Waals surface area contributed by atoms with E-state index in [1.54, 1.807) is 0 Å². The van der Waals surface area contributed by atoms with E-state index in [0.29, 0.717) is 0 Å². The van der Waals surface area contributed by atoms with Gasteiger partial charge in [0.1, 0.15) is 0 Å². The molecule has 0 aromatic heterocycles. The third-order valence-corrected chi connectivity index (χ3v) is 1.38. The van der Waals surface area contributed by atoms with Gasteiger partial charge in [0.05, 0.1) is 0 Å². The molecule has 0 aromatic carbocycles. The van der Waals surface area contributed by atoms with E-state index in [-0.39, 0.29) is 127 Å². The maximum absolute atomic E-state index is 10.3. The van der Waals surface area contributed by atoms with Crippen molar-refractivity contribution in [2.24, 2.45) is 0 Å². The molecule has 0 aliphatic heterocycles. The third kappa shape index (κ3) is 29.1. The predicted octanol–water partition coefficient (Wildman–Crippen LogP) is -7.83. The van der Waals surface area contributed by atoms with Crippen LogP contribution in [0, 0.1) is 0 Å². The minimum atomic E-state index is -5.24. The molecule has 0 spiro atoms. The quantitative estimate of drug-likeness (QED) is 0.188. The summed E-state index contributed by atoms with van der Waals surface area (Å²) >= 11 is 0. The summed E-state index contributed by atoms with van der Waals surface area (Å²) < 4.78 is 26.2. The van der Waals surface area contributed by atoms with E-state index in [4.69, 9.17) is 19.6 Å². The Labute approximate surface area is 199 Å². The largest absolute Gasteiger partial charge is 2.00 e. The van der Waals surface area contributed by atoms with Gasteiger partial charge < -0.3 is 17.6 Å². The Hall–Kier alpha value is 3.01. The van der Waals surface area contributed by atoms with Crippen LogP contribution in [-0.4, -0.2) is 77.6 Å². The first-order valence-electron chi connectivity index (χ1n) is 2.60. The topological polar surface area (TPSA) is 168 Å². The SMILES string of the molecule is O=C(OP(=O)(O)O)C(=O)OP(=O)(O)O.[Fe].[Fe].[H-].[H-].[H-].[H-].[H-].[H-].[Li+].[Li+].[Mg+2].[Mg+2]. The van der Waals surface area contributed by atoms with E-state index in [0.717, 1.165) is 0 Å². The number of carbonyl (C=O) groups excluding carboxylic acids is 2. The Morgan fingerprint density at radius 1 is 0.750 bits per heavy atom. The molecule has 0 fully saturated rings. The van der Waals surface area contributed by atoms with Crippen molar-refractivity contribution in [3.63, 3.8) is 0 Å². The summed E-state index contributed by atoms with van der Waals surface area (Å²) in [5, 5.41) is 0. The van der Waals surface area contributed by atoms with Crippen LogP contribution in [0.25, 0.3) is 0 Å². The molecule has 0 saturated carbocycles. The molecule has 0 amide bonds. The van der Waals surface area contributed by atoms with Gasteiger partial charge in [-0.1, -0.05) is 0 Å². The molecule has 0 radical (unpaired) electrons. The summed E-state index contributed by atoms with van der Waals surface area (Å²) in [4.78, 5) is 52.6. The molecule has 4 N–H and O–H groups in total. The summed E-state index contributed by atoms with van der Waals surface area (Å²) in [5.74, 6) is -4.41. The maximum atomic E-state index is 10.3. The normalized spacial score (nSPS) is 8.40. The first-order valence-corrected chi connectivity index (χ1v) is 5.66. The minimum absolute atomic E-state index is 0. The molecule has 0 aromatic rings. The summed E-state index contributed by atoms with van der Waals surface area (Å²) in [6.07, 6.45) is 0. The van der Waals surface area contributed by atoms with Crippen LogP contribution in [0.15, 0.2) is 0 Å². The summed E-state index contributed by atoms with van der Waals surface area (Å²) in [5.41, 5.74) is 0. The molecule has 0 bridgehead atoms. The van der Waals surface area contributed by atoms with E-state index >= 15 is 0 Å². The van der Waals surface area contributed by atoms with Crippen LogP contribution in [0.3, 0.4) is 0 Å². The summed E-state index contributed by atoms with van der Waals surface area (Å²) in [6, 6.07) is 0. The van der Waals surface area contributed by atoms with Gasteiger partial charge in [0.2, 0.25) is 0 Å². The van der Waals surface area contributed by atoms with Crippen LogP contribution in [0.4, 0.5) is 0 Å². The Balaban J connectivity index is -0.0000000128. The van der Waals surface area contributed by atoms with Crippen LogP contribution in [0.2, 0.25) is 0 Å². The summed E-state index contributed by atoms with van der Waals surface area (Å²) in [6.45, 7) is 0. The summed E-state index contributed by atoms with van der Waals surface area (Å²) in [7, 11) is -10.5. The van der Waals surface area contributed by atoms with Gasteiger partial charge in [0, 0.05) is 34.1 Å². The van der Waals surface area contributed by atoms with Crippen molar-refractivity contribution in [3.8, 4) is 0 Å². The van der Waals surface area contributed by atoms with Crippen molar-refractivity contribution in [2.75, 3.05) is 0 Å². The Kier molecular flexibility index (Phi) is 39.9. The standard InChI is InChI=1S/C2H4O10P2.2Fe.2Li.2Mg.6H/c3-1(11-13(5,6)7)2(4)12-14(8,9)10;;;;;;;;;;;;/h(H2,5,6,7)(H2,8,9,10);;;;;;;;;;;;/q;;;2*+1;2*+2;6*-1. The van der Waals surface area contributed by atoms with Crippen LogP contribution < -0.4 is 37.7 Å². The number of carbonyl (C=O) groups is 2. The van der Waals surface area contributed by atoms with Gasteiger partial charge in [-0.05, 0) is 0 Å². The molecule has 0 rings (SSSR count). The van der Waals surface area contributed by atoms with Crippen molar-refractivity contribution in [2.45, 2.75) is 0 Å². The molecule has 110 valence electrons. The van der Waals surface area contributed by atoms with Crippen LogP contribution in [0.1, 0.15) is 8.56 Å². The van der Waals surface area contributed by atoms with Gasteiger partial charge in [0.25, 0.3) is 0 Å². The maximum Gasteiger partial charge on any atom is 2.00 e. The Morgan fingerprint density at radius 2 is 0.900 bits per heavy atom. The zero-order chi connectivity index (χ0) is 11.6. The second kappa shape index (κ2) is 18.3. The molecule has 0 heterocycles. The predicted molar refractivity (Wildman–Crippen MR) is 54.5 cm³/mol. The number of phosphoric acid groups is 2. The van der Waals surface area contributed by atoms with Crippen molar-refractivity contribution >= 4 is 73.7 Å². The molecule has 0 saturated heterocycles. The number of phosphoric ester groups is 2. The van der Waals surface area contributed by atoms with Gasteiger partial charge in [-0.25, -0.2) is 18.7 Å². The van der Waals surface area contributed by atoms with Crippen LogP contribution in [0.5, 0.6) is 0 Å². The van der Waals surface area contributed by atoms with E-state index < -0.39 is 27.6 Å². The first kappa shape index (κ1) is 43.5. The van der Waals surface area contributed by atoms with E-state index in [1.165, 1.54) is 0 Å². The van der Waals surface area contributed by atoms with Gasteiger partial charge in [-0.3, -0.25) is 19.6 Å². The number of rotatable bonds is 2. The van der Waals surface area contributed by atoms with Crippen molar-refractivity contribution in [1.82, 2.24) is 0 Å². The molecule has 0 aliphatic rings. The molecular weight excluding hydrogens is 420 g/mol. The van der Waals surface area contributed by atoms with Gasteiger partial charge in [0.15, 0.2) is 0 Å². The van der Waals surface area contributed by atoms with E-state index in [1.807, 2.05) is 0 Å². The van der Waals surface area contributed by atoms with Gasteiger partial charge in [-0.2, -0.15) is 0 Å². The second-order valence-corrected chi connectivity index (χ2v) is 4.07. The van der Waals surface area contributed by atoms with E-state index in [2.05, 4.69) is 9.05 Å². The fourth-order valence-electron chi connectivity index (χ4n) is 0.291. The molecule has 10 nitrogen and oxygen atoms in total. The van der Waals surface area contributed by atoms with Crippen LogP contribution >= 0.6 is 15.6 Å². The minimum Gasteiger partial charge on any atom is -1.00 e. The van der Waals surface area contributed by atoms with Crippen molar-refractivity contribution < 1.29 is 128 Å². The molecule has 0 unspecified atom stereocenters. The van der Waals surface area contributed by atoms with Crippen molar-refractivity contribution in [3.05, 3.63) is 0 Å². The smallest absolute Gasteiger partial charge is 1.00 e. The fourth-order valence-corrected chi connectivity index (χ4v) is 0.872. The first-order chi connectivity index (χ1) is 6.01. The Morgan fingerprint density at radius 3 is 1.00 bits per heavy atom. The average Bonchev–Trinajstić information content (AvgIpc) is 1.78. The average molecular weight is 430 g/mol. The Bertz CT molecular complexity index is 343. The van der Waals surface area contributed by atoms with Gasteiger partial charge in [-0.15, -0.1) is 0 Å².